The summed E-state index contributed by atoms with van der Waals surface area (Å²) in [6.45, 7) is 1.74. The maximum Gasteiger partial charge on any atom is 0.310 e. The van der Waals surface area contributed by atoms with Crippen molar-refractivity contribution in [1.29, 1.82) is 0 Å². The zero-order chi connectivity index (χ0) is 19.7. The van der Waals surface area contributed by atoms with Gasteiger partial charge in [-0.25, -0.2) is 4.39 Å². The number of carbonyl (C=O) groups excluding carboxylic acids is 2. The molecule has 0 radical (unpaired) electrons. The molecule has 0 saturated carbocycles. The van der Waals surface area contributed by atoms with E-state index in [-0.39, 0.29) is 12.3 Å². The molecule has 0 N–H and O–H groups in total. The van der Waals surface area contributed by atoms with Crippen LogP contribution in [0.25, 0.3) is 10.9 Å². The number of nitrogens with zero attached hydrogens (tertiary/aromatic N) is 1. The molecule has 0 amide bonds. The lowest BCUT2D eigenvalue weighted by Gasteiger charge is -2.08. The zero-order valence-electron chi connectivity index (χ0n) is 15.0. The molecule has 2 aromatic carbocycles. The van der Waals surface area contributed by atoms with E-state index in [1.165, 1.54) is 43.1 Å². The SMILES string of the molecule is COC(=O)Cc1c(C)n(C(=O)c2ccc(F)cc2)c2cc(Cl)c(OC)cc12. The molecule has 3 rings (SSSR count). The predicted molar refractivity (Wildman–Crippen MR) is 100 cm³/mol. The maximum atomic E-state index is 13.2. The number of hydrogen-bond donors (Lipinski definition) is 0. The Hall–Kier alpha value is -2.86. The molecule has 0 aliphatic heterocycles. The topological polar surface area (TPSA) is 57.5 Å². The van der Waals surface area contributed by atoms with Crippen LogP contribution in [0.4, 0.5) is 4.39 Å². The third-order valence-electron chi connectivity index (χ3n) is 4.45. The van der Waals surface area contributed by atoms with Crippen LogP contribution in [-0.4, -0.2) is 30.7 Å². The minimum absolute atomic E-state index is 0.00663. The minimum atomic E-state index is -0.431. The van der Waals surface area contributed by atoms with Crippen molar-refractivity contribution in [3.63, 3.8) is 0 Å². The first-order chi connectivity index (χ1) is 12.9. The Morgan fingerprint density at radius 1 is 1.15 bits per heavy atom. The van der Waals surface area contributed by atoms with Gasteiger partial charge in [-0.3, -0.25) is 14.2 Å². The number of carbonyl (C=O) groups is 2. The molecular weight excluding hydrogens is 373 g/mol. The lowest BCUT2D eigenvalue weighted by atomic mass is 10.1. The normalized spacial score (nSPS) is 10.9. The van der Waals surface area contributed by atoms with Crippen LogP contribution in [-0.2, 0) is 16.0 Å². The van der Waals surface area contributed by atoms with Crippen molar-refractivity contribution in [2.24, 2.45) is 0 Å². The van der Waals surface area contributed by atoms with Gasteiger partial charge in [0.25, 0.3) is 5.91 Å². The second-order valence-electron chi connectivity index (χ2n) is 5.97. The first-order valence-corrected chi connectivity index (χ1v) is 8.49. The van der Waals surface area contributed by atoms with E-state index >= 15 is 0 Å². The molecule has 140 valence electrons. The first kappa shape index (κ1) is 18.9. The van der Waals surface area contributed by atoms with Crippen LogP contribution < -0.4 is 4.74 Å². The summed E-state index contributed by atoms with van der Waals surface area (Å²) in [6.07, 6.45) is -0.00663. The van der Waals surface area contributed by atoms with E-state index in [2.05, 4.69) is 0 Å². The van der Waals surface area contributed by atoms with E-state index in [1.807, 2.05) is 0 Å². The molecule has 0 unspecified atom stereocenters. The van der Waals surface area contributed by atoms with Gasteiger partial charge < -0.3 is 9.47 Å². The standard InChI is InChI=1S/C20H17ClFNO4/c1-11-14(9-19(24)27-3)15-8-18(26-2)16(21)10-17(15)23(11)20(25)12-4-6-13(22)7-5-12/h4-8,10H,9H2,1-3H3. The van der Waals surface area contributed by atoms with Gasteiger partial charge in [0.1, 0.15) is 11.6 Å². The number of methoxy groups -OCH3 is 2. The maximum absolute atomic E-state index is 13.2. The van der Waals surface area contributed by atoms with Crippen LogP contribution in [0, 0.1) is 12.7 Å². The van der Waals surface area contributed by atoms with Crippen molar-refractivity contribution < 1.29 is 23.5 Å². The molecule has 0 fully saturated rings. The molecule has 1 heterocycles. The van der Waals surface area contributed by atoms with Gasteiger partial charge in [0.2, 0.25) is 0 Å². The number of benzene rings is 2. The van der Waals surface area contributed by atoms with Crippen molar-refractivity contribution in [2.75, 3.05) is 14.2 Å². The predicted octanol–water partition coefficient (Wildman–Crippen LogP) is 4.15. The average Bonchev–Trinajstić information content (AvgIpc) is 2.91. The van der Waals surface area contributed by atoms with Gasteiger partial charge >= 0.3 is 5.97 Å². The molecule has 7 heteroatoms. The van der Waals surface area contributed by atoms with E-state index in [0.29, 0.717) is 38.5 Å². The summed E-state index contributed by atoms with van der Waals surface area (Å²) >= 11 is 6.25. The number of fused-ring (bicyclic) bond motifs is 1. The van der Waals surface area contributed by atoms with Gasteiger partial charge in [-0.2, -0.15) is 0 Å². The third kappa shape index (κ3) is 3.40. The van der Waals surface area contributed by atoms with Crippen LogP contribution >= 0.6 is 11.6 Å². The molecule has 3 aromatic rings. The number of ether oxygens (including phenoxy) is 2. The third-order valence-corrected chi connectivity index (χ3v) is 4.75. The summed E-state index contributed by atoms with van der Waals surface area (Å²) in [5.74, 6) is -0.781. The highest BCUT2D eigenvalue weighted by molar-refractivity contribution is 6.33. The van der Waals surface area contributed by atoms with Crippen molar-refractivity contribution in [3.8, 4) is 5.75 Å². The zero-order valence-corrected chi connectivity index (χ0v) is 15.8. The van der Waals surface area contributed by atoms with Crippen molar-refractivity contribution in [2.45, 2.75) is 13.3 Å². The Morgan fingerprint density at radius 3 is 2.41 bits per heavy atom. The van der Waals surface area contributed by atoms with E-state index in [9.17, 15) is 14.0 Å². The Kier molecular flexibility index (Phi) is 5.19. The number of esters is 1. The summed E-state index contributed by atoms with van der Waals surface area (Å²) in [6, 6.07) is 8.57. The number of halogens is 2. The molecule has 0 bridgehead atoms. The van der Waals surface area contributed by atoms with E-state index in [0.717, 1.165) is 0 Å². The fourth-order valence-corrected chi connectivity index (χ4v) is 3.29. The second-order valence-corrected chi connectivity index (χ2v) is 6.38. The monoisotopic (exact) mass is 389 g/mol. The van der Waals surface area contributed by atoms with Crippen molar-refractivity contribution in [3.05, 3.63) is 64.1 Å². The quantitative estimate of drug-likeness (QED) is 0.629. The summed E-state index contributed by atoms with van der Waals surface area (Å²) in [5, 5.41) is 0.995. The molecule has 0 aliphatic carbocycles. The molecule has 27 heavy (non-hydrogen) atoms. The summed E-state index contributed by atoms with van der Waals surface area (Å²) in [4.78, 5) is 24.9. The fraction of sp³-hybridized carbons (Fsp3) is 0.200. The van der Waals surface area contributed by atoms with Crippen LogP contribution in [0.3, 0.4) is 0 Å². The van der Waals surface area contributed by atoms with Gasteiger partial charge in [-0.1, -0.05) is 11.6 Å². The molecule has 0 saturated heterocycles. The highest BCUT2D eigenvalue weighted by atomic mass is 35.5. The number of aromatic nitrogens is 1. The van der Waals surface area contributed by atoms with Gasteiger partial charge in [0, 0.05) is 16.6 Å². The smallest absolute Gasteiger partial charge is 0.310 e. The van der Waals surface area contributed by atoms with E-state index in [4.69, 9.17) is 21.1 Å². The molecule has 0 aliphatic rings. The van der Waals surface area contributed by atoms with Crippen molar-refractivity contribution in [1.82, 2.24) is 4.57 Å². The summed E-state index contributed by atoms with van der Waals surface area (Å²) in [5.41, 5.74) is 2.07. The molecule has 0 spiro atoms. The first-order valence-electron chi connectivity index (χ1n) is 8.11. The van der Waals surface area contributed by atoms with Crippen LogP contribution in [0.5, 0.6) is 5.75 Å². The Balaban J connectivity index is 2.26. The minimum Gasteiger partial charge on any atom is -0.495 e. The number of hydrogen-bond acceptors (Lipinski definition) is 4. The molecule has 0 atom stereocenters. The largest absolute Gasteiger partial charge is 0.495 e. The highest BCUT2D eigenvalue weighted by Gasteiger charge is 2.23. The van der Waals surface area contributed by atoms with Gasteiger partial charge in [0.15, 0.2) is 0 Å². The van der Waals surface area contributed by atoms with E-state index in [1.54, 1.807) is 19.1 Å². The molecule has 5 nitrogen and oxygen atoms in total. The van der Waals surface area contributed by atoms with E-state index < -0.39 is 11.8 Å². The summed E-state index contributed by atoms with van der Waals surface area (Å²) < 4.78 is 24.7. The van der Waals surface area contributed by atoms with Crippen molar-refractivity contribution >= 4 is 34.4 Å². The highest BCUT2D eigenvalue weighted by Crippen LogP contribution is 2.35. The van der Waals surface area contributed by atoms with Gasteiger partial charge in [0.05, 0.1) is 31.2 Å². The van der Waals surface area contributed by atoms with Gasteiger partial charge in [-0.05, 0) is 48.9 Å². The second kappa shape index (κ2) is 7.40. The van der Waals surface area contributed by atoms with Crippen LogP contribution in [0.1, 0.15) is 21.6 Å². The Morgan fingerprint density at radius 2 is 1.81 bits per heavy atom. The lowest BCUT2D eigenvalue weighted by Crippen LogP contribution is -2.14. The Labute approximate surface area is 160 Å². The van der Waals surface area contributed by atoms with Crippen LogP contribution in [0.15, 0.2) is 36.4 Å². The summed E-state index contributed by atoms with van der Waals surface area (Å²) in [7, 11) is 2.79. The fourth-order valence-electron chi connectivity index (χ4n) is 3.06. The lowest BCUT2D eigenvalue weighted by molar-refractivity contribution is -0.139. The average molecular weight is 390 g/mol. The van der Waals surface area contributed by atoms with Gasteiger partial charge in [-0.15, -0.1) is 0 Å². The van der Waals surface area contributed by atoms with Crippen LogP contribution in [0.2, 0.25) is 5.02 Å². The molecule has 1 aromatic heterocycles. The number of rotatable bonds is 4. The Bertz CT molecular complexity index is 1040. The molecular formula is C20H17ClFNO4.